The highest BCUT2D eigenvalue weighted by Gasteiger charge is 2.16. The summed E-state index contributed by atoms with van der Waals surface area (Å²) >= 11 is 0. The zero-order chi connectivity index (χ0) is 14.8. The van der Waals surface area contributed by atoms with Crippen LogP contribution in [0.1, 0.15) is 28.0 Å². The van der Waals surface area contributed by atoms with Gasteiger partial charge in [-0.3, -0.25) is 14.3 Å². The number of nitrogens with zero attached hydrogens (tertiary/aromatic N) is 2. The van der Waals surface area contributed by atoms with Gasteiger partial charge >= 0.3 is 0 Å². The third-order valence-corrected chi connectivity index (χ3v) is 3.46. The van der Waals surface area contributed by atoms with Crippen LogP contribution < -0.4 is 10.6 Å². The average Bonchev–Trinajstić information content (AvgIpc) is 2.90. The standard InChI is InChI=1S/C15H16N4O2/c1-19-7-6-12(18-19)9-16-15(21)11-2-4-13-10(8-11)3-5-14(20)17-13/h2,4,6-8H,3,5,9H2,1H3,(H,16,21)(H,17,20). The van der Waals surface area contributed by atoms with E-state index in [0.29, 0.717) is 24.9 Å². The summed E-state index contributed by atoms with van der Waals surface area (Å²) < 4.78 is 1.70. The largest absolute Gasteiger partial charge is 0.346 e. The van der Waals surface area contributed by atoms with Crippen molar-refractivity contribution in [2.24, 2.45) is 7.05 Å². The lowest BCUT2D eigenvalue weighted by Crippen LogP contribution is -2.24. The quantitative estimate of drug-likeness (QED) is 0.890. The summed E-state index contributed by atoms with van der Waals surface area (Å²) in [5.74, 6) is -0.116. The number of benzene rings is 1. The molecule has 21 heavy (non-hydrogen) atoms. The molecular weight excluding hydrogens is 268 g/mol. The van der Waals surface area contributed by atoms with Crippen molar-refractivity contribution in [3.8, 4) is 0 Å². The molecule has 0 atom stereocenters. The molecule has 0 saturated heterocycles. The van der Waals surface area contributed by atoms with Crippen molar-refractivity contribution in [1.82, 2.24) is 15.1 Å². The van der Waals surface area contributed by atoms with E-state index in [4.69, 9.17) is 0 Å². The number of amides is 2. The Morgan fingerprint density at radius 3 is 3.00 bits per heavy atom. The summed E-state index contributed by atoms with van der Waals surface area (Å²) in [6, 6.07) is 7.20. The fourth-order valence-electron chi connectivity index (χ4n) is 2.36. The van der Waals surface area contributed by atoms with Crippen molar-refractivity contribution in [2.45, 2.75) is 19.4 Å². The number of rotatable bonds is 3. The van der Waals surface area contributed by atoms with Gasteiger partial charge in [-0.25, -0.2) is 0 Å². The molecular formula is C15H16N4O2. The maximum atomic E-state index is 12.1. The van der Waals surface area contributed by atoms with Gasteiger partial charge in [-0.1, -0.05) is 0 Å². The SMILES string of the molecule is Cn1ccc(CNC(=O)c2ccc3c(c2)CCC(=O)N3)n1. The summed E-state index contributed by atoms with van der Waals surface area (Å²) in [5, 5.41) is 9.85. The third-order valence-electron chi connectivity index (χ3n) is 3.46. The molecule has 2 aromatic rings. The molecule has 0 spiro atoms. The van der Waals surface area contributed by atoms with Crippen molar-refractivity contribution < 1.29 is 9.59 Å². The lowest BCUT2D eigenvalue weighted by Gasteiger charge is -2.17. The van der Waals surface area contributed by atoms with Gasteiger partial charge in [0.05, 0.1) is 12.2 Å². The maximum Gasteiger partial charge on any atom is 0.251 e. The number of anilines is 1. The second-order valence-electron chi connectivity index (χ2n) is 5.08. The number of fused-ring (bicyclic) bond motifs is 1. The molecule has 0 radical (unpaired) electrons. The number of carbonyl (C=O) groups excluding carboxylic acids is 2. The summed E-state index contributed by atoms with van der Waals surface area (Å²) in [6.45, 7) is 0.396. The minimum Gasteiger partial charge on any atom is -0.346 e. The molecule has 108 valence electrons. The molecule has 6 nitrogen and oxygen atoms in total. The van der Waals surface area contributed by atoms with E-state index < -0.39 is 0 Å². The minimum absolute atomic E-state index is 0.0230. The van der Waals surface area contributed by atoms with Crippen molar-refractivity contribution in [3.63, 3.8) is 0 Å². The van der Waals surface area contributed by atoms with Gasteiger partial charge in [0.15, 0.2) is 0 Å². The van der Waals surface area contributed by atoms with Crippen molar-refractivity contribution >= 4 is 17.5 Å². The number of hydrogen-bond acceptors (Lipinski definition) is 3. The number of nitrogens with one attached hydrogen (secondary N) is 2. The van der Waals surface area contributed by atoms with Gasteiger partial charge in [0.25, 0.3) is 5.91 Å². The first-order chi connectivity index (χ1) is 10.1. The van der Waals surface area contributed by atoms with Crippen LogP contribution in [0, 0.1) is 0 Å². The molecule has 1 aliphatic rings. The van der Waals surface area contributed by atoms with Crippen LogP contribution >= 0.6 is 0 Å². The lowest BCUT2D eigenvalue weighted by atomic mass is 10.00. The second kappa shape index (κ2) is 5.40. The molecule has 6 heteroatoms. The molecule has 0 saturated carbocycles. The highest BCUT2D eigenvalue weighted by molar-refractivity contribution is 5.97. The lowest BCUT2D eigenvalue weighted by molar-refractivity contribution is -0.116. The second-order valence-corrected chi connectivity index (χ2v) is 5.08. The van der Waals surface area contributed by atoms with Crippen LogP contribution in [-0.2, 0) is 24.8 Å². The van der Waals surface area contributed by atoms with E-state index >= 15 is 0 Å². The molecule has 0 unspecified atom stereocenters. The molecule has 1 aromatic heterocycles. The number of aryl methyl sites for hydroxylation is 2. The average molecular weight is 284 g/mol. The fourth-order valence-corrected chi connectivity index (χ4v) is 2.36. The molecule has 0 fully saturated rings. The van der Waals surface area contributed by atoms with Gasteiger partial charge in [0, 0.05) is 30.9 Å². The summed E-state index contributed by atoms with van der Waals surface area (Å²) in [5.41, 5.74) is 3.21. The molecule has 2 N–H and O–H groups in total. The summed E-state index contributed by atoms with van der Waals surface area (Å²) in [4.78, 5) is 23.4. The van der Waals surface area contributed by atoms with Gasteiger partial charge < -0.3 is 10.6 Å². The Morgan fingerprint density at radius 1 is 1.38 bits per heavy atom. The first-order valence-electron chi connectivity index (χ1n) is 6.81. The van der Waals surface area contributed by atoms with Gasteiger partial charge in [-0.05, 0) is 36.2 Å². The van der Waals surface area contributed by atoms with Gasteiger partial charge in [0.1, 0.15) is 0 Å². The molecule has 3 rings (SSSR count). The highest BCUT2D eigenvalue weighted by atomic mass is 16.2. The van der Waals surface area contributed by atoms with Crippen LogP contribution in [0.5, 0.6) is 0 Å². The molecule has 0 bridgehead atoms. The Bertz CT molecular complexity index is 705. The fraction of sp³-hybridized carbons (Fsp3) is 0.267. The number of hydrogen-bond donors (Lipinski definition) is 2. The van der Waals surface area contributed by atoms with E-state index in [1.165, 1.54) is 0 Å². The minimum atomic E-state index is -0.139. The highest BCUT2D eigenvalue weighted by Crippen LogP contribution is 2.23. The van der Waals surface area contributed by atoms with Crippen molar-refractivity contribution in [1.29, 1.82) is 0 Å². The molecule has 2 amide bonds. The van der Waals surface area contributed by atoms with Gasteiger partial charge in [-0.2, -0.15) is 5.10 Å². The van der Waals surface area contributed by atoms with E-state index in [1.807, 2.05) is 25.4 Å². The topological polar surface area (TPSA) is 76.0 Å². The first-order valence-corrected chi connectivity index (χ1v) is 6.81. The van der Waals surface area contributed by atoms with Crippen molar-refractivity contribution in [3.05, 3.63) is 47.3 Å². The van der Waals surface area contributed by atoms with E-state index in [-0.39, 0.29) is 11.8 Å². The van der Waals surface area contributed by atoms with Crippen LogP contribution in [0.2, 0.25) is 0 Å². The maximum absolute atomic E-state index is 12.1. The monoisotopic (exact) mass is 284 g/mol. The molecule has 0 aliphatic carbocycles. The predicted octanol–water partition coefficient (Wildman–Crippen LogP) is 1.23. The first kappa shape index (κ1) is 13.4. The molecule has 1 aliphatic heterocycles. The number of carbonyl (C=O) groups is 2. The molecule has 1 aromatic carbocycles. The smallest absolute Gasteiger partial charge is 0.251 e. The van der Waals surface area contributed by atoms with E-state index in [9.17, 15) is 9.59 Å². The van der Waals surface area contributed by atoms with Crippen LogP contribution in [0.3, 0.4) is 0 Å². The van der Waals surface area contributed by atoms with Crippen LogP contribution in [0.25, 0.3) is 0 Å². The van der Waals surface area contributed by atoms with Gasteiger partial charge in [-0.15, -0.1) is 0 Å². The molecule has 2 heterocycles. The number of aromatic nitrogens is 2. The van der Waals surface area contributed by atoms with Crippen LogP contribution in [-0.4, -0.2) is 21.6 Å². The zero-order valence-corrected chi connectivity index (χ0v) is 11.7. The van der Waals surface area contributed by atoms with Crippen LogP contribution in [0.15, 0.2) is 30.5 Å². The van der Waals surface area contributed by atoms with Gasteiger partial charge in [0.2, 0.25) is 5.91 Å². The normalized spacial score (nSPS) is 13.5. The zero-order valence-electron chi connectivity index (χ0n) is 11.7. The predicted molar refractivity (Wildman–Crippen MR) is 77.8 cm³/mol. The Morgan fingerprint density at radius 2 is 2.24 bits per heavy atom. The van der Waals surface area contributed by atoms with E-state index in [0.717, 1.165) is 16.9 Å². The summed E-state index contributed by atoms with van der Waals surface area (Å²) in [6.07, 6.45) is 2.97. The Kier molecular flexibility index (Phi) is 3.43. The Labute approximate surface area is 122 Å². The van der Waals surface area contributed by atoms with E-state index in [2.05, 4.69) is 15.7 Å². The van der Waals surface area contributed by atoms with E-state index in [1.54, 1.807) is 16.8 Å². The Hall–Kier alpha value is -2.63. The Balaban J connectivity index is 1.69. The van der Waals surface area contributed by atoms with Crippen molar-refractivity contribution in [2.75, 3.05) is 5.32 Å². The summed E-state index contributed by atoms with van der Waals surface area (Å²) in [7, 11) is 1.84. The third kappa shape index (κ3) is 2.94. The van der Waals surface area contributed by atoms with Crippen LogP contribution in [0.4, 0.5) is 5.69 Å².